The summed E-state index contributed by atoms with van der Waals surface area (Å²) in [6.45, 7) is 4.48. The van der Waals surface area contributed by atoms with Gasteiger partial charge in [0, 0.05) is 0 Å². The predicted molar refractivity (Wildman–Crippen MR) is 49.5 cm³/mol. The average molecular weight is 150 g/mol. The molecule has 0 saturated heterocycles. The van der Waals surface area contributed by atoms with E-state index in [-0.39, 0.29) is 0 Å². The summed E-state index contributed by atoms with van der Waals surface area (Å²) in [6, 6.07) is 0. The molecule has 1 unspecified atom stereocenters. The van der Waals surface area contributed by atoms with E-state index in [9.17, 15) is 0 Å². The zero-order chi connectivity index (χ0) is 8.10. The first-order valence-corrected chi connectivity index (χ1v) is 4.82. The molecule has 0 N–H and O–H groups in total. The highest BCUT2D eigenvalue weighted by molar-refractivity contribution is 5.21. The Morgan fingerprint density at radius 3 is 2.91 bits per heavy atom. The van der Waals surface area contributed by atoms with Crippen molar-refractivity contribution in [3.63, 3.8) is 0 Å². The summed E-state index contributed by atoms with van der Waals surface area (Å²) in [7, 11) is 0. The van der Waals surface area contributed by atoms with Crippen LogP contribution in [0.15, 0.2) is 17.4 Å². The zero-order valence-electron chi connectivity index (χ0n) is 7.69. The Bertz CT molecular complexity index is 170. The van der Waals surface area contributed by atoms with Crippen molar-refractivity contribution in [3.05, 3.63) is 17.4 Å². The minimum absolute atomic E-state index is 0.896. The summed E-state index contributed by atoms with van der Waals surface area (Å²) < 4.78 is 0. The van der Waals surface area contributed by atoms with Crippen molar-refractivity contribution in [2.75, 3.05) is 0 Å². The lowest BCUT2D eigenvalue weighted by Gasteiger charge is -1.83. The van der Waals surface area contributed by atoms with Crippen LogP contribution < -0.4 is 0 Å². The van der Waals surface area contributed by atoms with Crippen molar-refractivity contribution in [2.45, 2.75) is 46.0 Å². The first-order valence-electron chi connectivity index (χ1n) is 4.82. The van der Waals surface area contributed by atoms with E-state index in [4.69, 9.17) is 0 Å². The van der Waals surface area contributed by atoms with Gasteiger partial charge in [0.05, 0.1) is 0 Å². The molecule has 0 nitrogen and oxygen atoms in total. The van der Waals surface area contributed by atoms with Crippen molar-refractivity contribution < 1.29 is 0 Å². The highest BCUT2D eigenvalue weighted by Gasteiger charge is 2.26. The van der Waals surface area contributed by atoms with Crippen molar-refractivity contribution in [1.82, 2.24) is 0 Å². The van der Waals surface area contributed by atoms with Crippen LogP contribution in [0.5, 0.6) is 0 Å². The van der Waals surface area contributed by atoms with E-state index >= 15 is 0 Å². The Labute approximate surface area is 70.0 Å². The average Bonchev–Trinajstić information content (AvgIpc) is 2.77. The lowest BCUT2D eigenvalue weighted by molar-refractivity contribution is 0.813. The molecule has 0 heteroatoms. The van der Waals surface area contributed by atoms with Crippen LogP contribution in [-0.2, 0) is 0 Å². The molecule has 11 heavy (non-hydrogen) atoms. The Morgan fingerprint density at radius 1 is 1.55 bits per heavy atom. The number of hydrogen-bond acceptors (Lipinski definition) is 0. The highest BCUT2D eigenvalue weighted by atomic mass is 14.3. The summed E-state index contributed by atoms with van der Waals surface area (Å²) >= 11 is 0. The van der Waals surface area contributed by atoms with Gasteiger partial charge in [0.15, 0.2) is 0 Å². The van der Waals surface area contributed by atoms with Crippen LogP contribution >= 0.6 is 0 Å². The van der Waals surface area contributed by atoms with Crippen molar-refractivity contribution in [2.24, 2.45) is 5.92 Å². The summed E-state index contributed by atoms with van der Waals surface area (Å²) in [5.41, 5.74) is 4.94. The second-order valence-corrected chi connectivity index (χ2v) is 3.33. The Balaban J connectivity index is 2.19. The van der Waals surface area contributed by atoms with Crippen LogP contribution in [0, 0.1) is 5.92 Å². The first kappa shape index (κ1) is 8.62. The van der Waals surface area contributed by atoms with Crippen LogP contribution in [-0.4, -0.2) is 0 Å². The summed E-state index contributed by atoms with van der Waals surface area (Å²) in [5.74, 6) is 0.896. The first-order chi connectivity index (χ1) is 5.38. The fourth-order valence-corrected chi connectivity index (χ4v) is 1.28. The van der Waals surface area contributed by atoms with E-state index in [2.05, 4.69) is 25.7 Å². The fourth-order valence-electron chi connectivity index (χ4n) is 1.28. The molecule has 0 aromatic heterocycles. The third kappa shape index (κ3) is 2.95. The largest absolute Gasteiger partial charge is 0.126 e. The van der Waals surface area contributed by atoms with E-state index in [0.29, 0.717) is 0 Å². The third-order valence-corrected chi connectivity index (χ3v) is 2.28. The monoisotopic (exact) mass is 150 g/mol. The molecule has 1 aliphatic carbocycles. The van der Waals surface area contributed by atoms with Gasteiger partial charge in [-0.1, -0.05) is 20.3 Å². The van der Waals surface area contributed by atoms with E-state index in [0.717, 1.165) is 5.92 Å². The minimum Gasteiger partial charge on any atom is -0.126 e. The second kappa shape index (κ2) is 4.41. The molecule has 0 amide bonds. The van der Waals surface area contributed by atoms with Gasteiger partial charge in [-0.25, -0.2) is 0 Å². The lowest BCUT2D eigenvalue weighted by Crippen LogP contribution is -1.65. The Hall–Kier alpha value is -0.480. The summed E-state index contributed by atoms with van der Waals surface area (Å²) in [5, 5.41) is 0. The molecule has 0 radical (unpaired) electrons. The fraction of sp³-hybridized carbons (Fsp3) is 0.727. The number of allylic oxidation sites excluding steroid dienone is 1. The van der Waals surface area contributed by atoms with Gasteiger partial charge in [-0.05, 0) is 43.3 Å². The molecule has 0 aromatic carbocycles. The Morgan fingerprint density at radius 2 is 2.36 bits per heavy atom. The van der Waals surface area contributed by atoms with Crippen LogP contribution in [0.1, 0.15) is 46.0 Å². The highest BCUT2D eigenvalue weighted by Crippen LogP contribution is 2.38. The van der Waals surface area contributed by atoms with Gasteiger partial charge in [0.25, 0.3) is 0 Å². The second-order valence-electron chi connectivity index (χ2n) is 3.33. The smallest absolute Gasteiger partial charge is 0.00862 e. The third-order valence-electron chi connectivity index (χ3n) is 2.28. The molecule has 62 valence electrons. The van der Waals surface area contributed by atoms with E-state index < -0.39 is 0 Å². The van der Waals surface area contributed by atoms with Crippen LogP contribution in [0.2, 0.25) is 0 Å². The molecular formula is C11H18. The maximum atomic E-state index is 3.38. The van der Waals surface area contributed by atoms with Crippen LogP contribution in [0.4, 0.5) is 0 Å². The molecule has 1 saturated carbocycles. The van der Waals surface area contributed by atoms with E-state index in [1.165, 1.54) is 32.1 Å². The van der Waals surface area contributed by atoms with Crippen molar-refractivity contribution in [3.8, 4) is 0 Å². The zero-order valence-corrected chi connectivity index (χ0v) is 7.69. The molecule has 0 aliphatic heterocycles. The van der Waals surface area contributed by atoms with Crippen molar-refractivity contribution >= 4 is 0 Å². The molecule has 1 aliphatic rings. The minimum atomic E-state index is 0.896. The topological polar surface area (TPSA) is 0 Å². The predicted octanol–water partition coefficient (Wildman–Crippen LogP) is 3.69. The van der Waals surface area contributed by atoms with Gasteiger partial charge < -0.3 is 0 Å². The number of unbranched alkanes of at least 4 members (excludes halogenated alkanes) is 2. The molecule has 1 fully saturated rings. The molecule has 1 rings (SSSR count). The van der Waals surface area contributed by atoms with Gasteiger partial charge >= 0.3 is 0 Å². The number of hydrogen-bond donors (Lipinski definition) is 0. The van der Waals surface area contributed by atoms with Gasteiger partial charge in [-0.3, -0.25) is 0 Å². The van der Waals surface area contributed by atoms with Gasteiger partial charge in [-0.2, -0.15) is 0 Å². The molecule has 0 spiro atoms. The maximum absolute atomic E-state index is 3.38. The van der Waals surface area contributed by atoms with E-state index in [1.54, 1.807) is 5.57 Å². The quantitative estimate of drug-likeness (QED) is 0.423. The molecule has 0 aromatic rings. The SMILES string of the molecule is CCCCC=C=C1CC1CC. The van der Waals surface area contributed by atoms with Gasteiger partial charge in [0.1, 0.15) is 0 Å². The maximum Gasteiger partial charge on any atom is -0.00862 e. The van der Waals surface area contributed by atoms with Crippen LogP contribution in [0.3, 0.4) is 0 Å². The molecule has 0 bridgehead atoms. The number of rotatable bonds is 4. The molecule has 1 atom stereocenters. The summed E-state index contributed by atoms with van der Waals surface area (Å²) in [6.07, 6.45) is 8.68. The molecular weight excluding hydrogens is 132 g/mol. The van der Waals surface area contributed by atoms with Gasteiger partial charge in [-0.15, -0.1) is 5.73 Å². The van der Waals surface area contributed by atoms with E-state index in [1.807, 2.05) is 0 Å². The van der Waals surface area contributed by atoms with Gasteiger partial charge in [0.2, 0.25) is 0 Å². The molecule has 0 heterocycles. The standard InChI is InChI=1S/C11H18/c1-3-5-6-7-8-11-9-10(11)4-2/h7,10H,3-6,9H2,1-2H3. The van der Waals surface area contributed by atoms with Crippen LogP contribution in [0.25, 0.3) is 0 Å². The Kier molecular flexibility index (Phi) is 3.45. The summed E-state index contributed by atoms with van der Waals surface area (Å²) in [4.78, 5) is 0. The normalized spacial score (nSPS) is 21.3. The van der Waals surface area contributed by atoms with Crippen molar-refractivity contribution in [1.29, 1.82) is 0 Å². The lowest BCUT2D eigenvalue weighted by atomic mass is 10.2.